The normalized spacial score (nSPS) is 20.1. The van der Waals surface area contributed by atoms with Gasteiger partial charge < -0.3 is 10.0 Å². The molecule has 2 nitrogen and oxygen atoms in total. The van der Waals surface area contributed by atoms with Crippen molar-refractivity contribution in [1.29, 1.82) is 0 Å². The highest BCUT2D eigenvalue weighted by molar-refractivity contribution is 7.07. The molecule has 1 aromatic rings. The molecule has 78 valence electrons. The number of piperidine rings is 1. The molecule has 0 aliphatic carbocycles. The zero-order valence-corrected chi connectivity index (χ0v) is 9.17. The second-order valence-corrected chi connectivity index (χ2v) is 4.73. The third-order valence-electron chi connectivity index (χ3n) is 2.85. The summed E-state index contributed by atoms with van der Waals surface area (Å²) in [6.45, 7) is 3.26. The number of aliphatic hydroxyl groups is 1. The summed E-state index contributed by atoms with van der Waals surface area (Å²) >= 11 is 1.77. The van der Waals surface area contributed by atoms with Gasteiger partial charge in [0.1, 0.15) is 0 Å². The molecule has 1 saturated heterocycles. The van der Waals surface area contributed by atoms with Crippen LogP contribution in [-0.2, 0) is 6.42 Å². The molecule has 1 aliphatic rings. The van der Waals surface area contributed by atoms with Gasteiger partial charge in [-0.15, -0.1) is 0 Å². The molecule has 0 saturated carbocycles. The first-order valence-electron chi connectivity index (χ1n) is 5.26. The Bertz CT molecular complexity index is 252. The van der Waals surface area contributed by atoms with E-state index >= 15 is 0 Å². The monoisotopic (exact) mass is 211 g/mol. The van der Waals surface area contributed by atoms with E-state index in [1.807, 2.05) is 0 Å². The summed E-state index contributed by atoms with van der Waals surface area (Å²) in [6, 6.07) is 2.20. The lowest BCUT2D eigenvalue weighted by atomic mass is 10.1. The molecule has 3 heteroatoms. The third-order valence-corrected chi connectivity index (χ3v) is 3.59. The van der Waals surface area contributed by atoms with Crippen LogP contribution >= 0.6 is 11.3 Å². The van der Waals surface area contributed by atoms with E-state index < -0.39 is 0 Å². The summed E-state index contributed by atoms with van der Waals surface area (Å²) in [5, 5.41) is 13.7. The van der Waals surface area contributed by atoms with Crippen LogP contribution in [0.4, 0.5) is 0 Å². The summed E-state index contributed by atoms with van der Waals surface area (Å²) in [7, 11) is 0. The molecular formula is C11H17NOS. The van der Waals surface area contributed by atoms with Crippen LogP contribution in [0.15, 0.2) is 16.8 Å². The van der Waals surface area contributed by atoms with E-state index in [0.717, 1.165) is 38.9 Å². The molecule has 0 radical (unpaired) electrons. The number of rotatable bonds is 3. The van der Waals surface area contributed by atoms with Crippen LogP contribution in [-0.4, -0.2) is 35.7 Å². The van der Waals surface area contributed by atoms with Crippen molar-refractivity contribution in [2.24, 2.45) is 0 Å². The van der Waals surface area contributed by atoms with Crippen molar-refractivity contribution in [2.45, 2.75) is 25.4 Å². The van der Waals surface area contributed by atoms with Gasteiger partial charge in [-0.05, 0) is 41.7 Å². The summed E-state index contributed by atoms with van der Waals surface area (Å²) in [4.78, 5) is 2.45. The Hall–Kier alpha value is -0.380. The van der Waals surface area contributed by atoms with E-state index in [9.17, 15) is 5.11 Å². The Labute approximate surface area is 89.2 Å². The maximum absolute atomic E-state index is 9.35. The van der Waals surface area contributed by atoms with Crippen molar-refractivity contribution in [1.82, 2.24) is 4.90 Å². The van der Waals surface area contributed by atoms with Crippen LogP contribution < -0.4 is 0 Å². The number of thiophene rings is 1. The van der Waals surface area contributed by atoms with Crippen LogP contribution in [0.25, 0.3) is 0 Å². The molecule has 0 bridgehead atoms. The smallest absolute Gasteiger partial charge is 0.0564 e. The zero-order valence-electron chi connectivity index (χ0n) is 8.35. The zero-order chi connectivity index (χ0) is 9.80. The molecular weight excluding hydrogens is 194 g/mol. The summed E-state index contributed by atoms with van der Waals surface area (Å²) in [6.07, 6.45) is 3.00. The van der Waals surface area contributed by atoms with Gasteiger partial charge in [0.15, 0.2) is 0 Å². The van der Waals surface area contributed by atoms with E-state index in [4.69, 9.17) is 0 Å². The predicted molar refractivity (Wildman–Crippen MR) is 59.7 cm³/mol. The Morgan fingerprint density at radius 3 is 2.86 bits per heavy atom. The first kappa shape index (κ1) is 10.1. The van der Waals surface area contributed by atoms with Gasteiger partial charge >= 0.3 is 0 Å². The highest BCUT2D eigenvalue weighted by Gasteiger charge is 2.16. The van der Waals surface area contributed by atoms with Gasteiger partial charge in [-0.3, -0.25) is 0 Å². The molecule has 0 atom stereocenters. The highest BCUT2D eigenvalue weighted by atomic mass is 32.1. The lowest BCUT2D eigenvalue weighted by molar-refractivity contribution is 0.0832. The quantitative estimate of drug-likeness (QED) is 0.823. The van der Waals surface area contributed by atoms with Crippen molar-refractivity contribution in [3.05, 3.63) is 22.4 Å². The SMILES string of the molecule is OC1CCN(CCc2ccsc2)CC1. The fourth-order valence-corrected chi connectivity index (χ4v) is 2.57. The molecule has 0 amide bonds. The van der Waals surface area contributed by atoms with Crippen molar-refractivity contribution < 1.29 is 5.11 Å². The molecule has 14 heavy (non-hydrogen) atoms. The fraction of sp³-hybridized carbons (Fsp3) is 0.636. The van der Waals surface area contributed by atoms with Crippen LogP contribution in [0.3, 0.4) is 0 Å². The number of nitrogens with zero attached hydrogens (tertiary/aromatic N) is 1. The Kier molecular flexibility index (Phi) is 3.56. The van der Waals surface area contributed by atoms with Crippen LogP contribution in [0, 0.1) is 0 Å². The first-order valence-corrected chi connectivity index (χ1v) is 6.20. The predicted octanol–water partition coefficient (Wildman–Crippen LogP) is 1.75. The van der Waals surface area contributed by atoms with Crippen molar-refractivity contribution in [2.75, 3.05) is 19.6 Å². The number of likely N-dealkylation sites (tertiary alicyclic amines) is 1. The molecule has 0 aromatic carbocycles. The van der Waals surface area contributed by atoms with E-state index in [0.29, 0.717) is 0 Å². The average molecular weight is 211 g/mol. The maximum Gasteiger partial charge on any atom is 0.0564 e. The number of hydrogen-bond acceptors (Lipinski definition) is 3. The van der Waals surface area contributed by atoms with Gasteiger partial charge in [-0.1, -0.05) is 0 Å². The Morgan fingerprint density at radius 1 is 1.43 bits per heavy atom. The van der Waals surface area contributed by atoms with Crippen molar-refractivity contribution in [3.63, 3.8) is 0 Å². The summed E-state index contributed by atoms with van der Waals surface area (Å²) in [5.74, 6) is 0. The second kappa shape index (κ2) is 4.91. The molecule has 1 aliphatic heterocycles. The van der Waals surface area contributed by atoms with E-state index in [1.54, 1.807) is 11.3 Å². The molecule has 2 rings (SSSR count). The maximum atomic E-state index is 9.35. The highest BCUT2D eigenvalue weighted by Crippen LogP contribution is 2.12. The molecule has 0 spiro atoms. The number of aliphatic hydroxyl groups excluding tert-OH is 1. The minimum absolute atomic E-state index is 0.0487. The Balaban J connectivity index is 1.71. The van der Waals surface area contributed by atoms with Gasteiger partial charge in [0.05, 0.1) is 6.10 Å². The second-order valence-electron chi connectivity index (χ2n) is 3.95. The first-order chi connectivity index (χ1) is 6.84. The average Bonchev–Trinajstić information content (AvgIpc) is 2.70. The molecule has 1 N–H and O–H groups in total. The topological polar surface area (TPSA) is 23.5 Å². The van der Waals surface area contributed by atoms with Crippen LogP contribution in [0.2, 0.25) is 0 Å². The van der Waals surface area contributed by atoms with Gasteiger partial charge in [0, 0.05) is 19.6 Å². The largest absolute Gasteiger partial charge is 0.393 e. The van der Waals surface area contributed by atoms with Gasteiger partial charge in [-0.25, -0.2) is 0 Å². The molecule has 2 heterocycles. The lowest BCUT2D eigenvalue weighted by Gasteiger charge is -2.29. The summed E-state index contributed by atoms with van der Waals surface area (Å²) in [5.41, 5.74) is 1.45. The van der Waals surface area contributed by atoms with Gasteiger partial charge in [-0.2, -0.15) is 11.3 Å². The third kappa shape index (κ3) is 2.80. The van der Waals surface area contributed by atoms with Gasteiger partial charge in [0.2, 0.25) is 0 Å². The van der Waals surface area contributed by atoms with Gasteiger partial charge in [0.25, 0.3) is 0 Å². The van der Waals surface area contributed by atoms with Crippen molar-refractivity contribution >= 4 is 11.3 Å². The minimum Gasteiger partial charge on any atom is -0.393 e. The lowest BCUT2D eigenvalue weighted by Crippen LogP contribution is -2.36. The van der Waals surface area contributed by atoms with Crippen LogP contribution in [0.5, 0.6) is 0 Å². The van der Waals surface area contributed by atoms with Crippen LogP contribution in [0.1, 0.15) is 18.4 Å². The molecule has 1 fully saturated rings. The van der Waals surface area contributed by atoms with E-state index in [1.165, 1.54) is 5.56 Å². The molecule has 1 aromatic heterocycles. The number of hydrogen-bond donors (Lipinski definition) is 1. The summed E-state index contributed by atoms with van der Waals surface area (Å²) < 4.78 is 0. The Morgan fingerprint density at radius 2 is 2.21 bits per heavy atom. The van der Waals surface area contributed by atoms with Crippen molar-refractivity contribution in [3.8, 4) is 0 Å². The van der Waals surface area contributed by atoms with E-state index in [-0.39, 0.29) is 6.10 Å². The van der Waals surface area contributed by atoms with E-state index in [2.05, 4.69) is 21.7 Å². The standard InChI is InChI=1S/C11H17NOS/c13-11-2-6-12(7-3-11)5-1-10-4-8-14-9-10/h4,8-9,11,13H,1-3,5-7H2. The fourth-order valence-electron chi connectivity index (χ4n) is 1.87. The molecule has 0 unspecified atom stereocenters. The minimum atomic E-state index is -0.0487.